The van der Waals surface area contributed by atoms with Gasteiger partial charge in [0.1, 0.15) is 5.82 Å². The molecule has 2 N–H and O–H groups in total. The molecule has 2 atom stereocenters. The number of sulfonamides is 1. The van der Waals surface area contributed by atoms with Crippen molar-refractivity contribution in [2.24, 2.45) is 0 Å². The first-order valence-corrected chi connectivity index (χ1v) is 8.77. The van der Waals surface area contributed by atoms with E-state index in [9.17, 15) is 12.8 Å². The molecule has 3 rings (SSSR count). The molecule has 2 aromatic rings. The van der Waals surface area contributed by atoms with Gasteiger partial charge in [0, 0.05) is 13.5 Å². The van der Waals surface area contributed by atoms with E-state index < -0.39 is 21.1 Å². The molecule has 0 radical (unpaired) electrons. The lowest BCUT2D eigenvalue weighted by Gasteiger charge is -2.13. The number of hydrogen-bond acceptors (Lipinski definition) is 6. The molecule has 124 valence electrons. The fourth-order valence-corrected chi connectivity index (χ4v) is 3.95. The molecule has 1 aliphatic rings. The van der Waals surface area contributed by atoms with E-state index in [1.165, 1.54) is 12.1 Å². The van der Waals surface area contributed by atoms with Gasteiger partial charge in [-0.2, -0.15) is 0 Å². The van der Waals surface area contributed by atoms with Crippen molar-refractivity contribution in [3.8, 4) is 0 Å². The molecule has 0 spiro atoms. The van der Waals surface area contributed by atoms with E-state index in [1.54, 1.807) is 6.92 Å². The minimum atomic E-state index is -3.66. The van der Waals surface area contributed by atoms with Crippen LogP contribution in [-0.4, -0.2) is 30.4 Å². The topological polar surface area (TPSA) is 97.1 Å². The van der Waals surface area contributed by atoms with E-state index in [0.29, 0.717) is 18.2 Å². The van der Waals surface area contributed by atoms with Crippen molar-refractivity contribution in [1.29, 1.82) is 0 Å². The van der Waals surface area contributed by atoms with Crippen molar-refractivity contribution in [3.63, 3.8) is 0 Å². The Hall–Kier alpha value is -1.71. The van der Waals surface area contributed by atoms with E-state index in [0.717, 1.165) is 6.07 Å². The highest BCUT2D eigenvalue weighted by Crippen LogP contribution is 2.28. The number of aromatic nitrogens is 2. The number of aryl methyl sites for hydroxylation is 1. The average molecular weight is 361 g/mol. The smallest absolute Gasteiger partial charge is 0.236 e. The predicted molar refractivity (Wildman–Crippen MR) is 82.1 cm³/mol. The Kier molecular flexibility index (Phi) is 4.26. The molecule has 0 amide bonds. The van der Waals surface area contributed by atoms with Crippen molar-refractivity contribution in [2.75, 3.05) is 11.3 Å². The molecule has 1 saturated heterocycles. The Morgan fingerprint density at radius 1 is 1.43 bits per heavy atom. The zero-order valence-electron chi connectivity index (χ0n) is 12.1. The molecule has 0 bridgehead atoms. The highest BCUT2D eigenvalue weighted by molar-refractivity contribution is 7.93. The molecule has 0 aliphatic carbocycles. The van der Waals surface area contributed by atoms with Crippen LogP contribution >= 0.6 is 11.6 Å². The van der Waals surface area contributed by atoms with Gasteiger partial charge in [-0.05, 0) is 24.6 Å². The van der Waals surface area contributed by atoms with Gasteiger partial charge in [-0.1, -0.05) is 11.6 Å². The predicted octanol–water partition coefficient (Wildman–Crippen LogP) is 2.02. The molecule has 1 aromatic carbocycles. The van der Waals surface area contributed by atoms with Crippen LogP contribution in [0.3, 0.4) is 0 Å². The van der Waals surface area contributed by atoms with Crippen LogP contribution in [0.15, 0.2) is 22.6 Å². The van der Waals surface area contributed by atoms with E-state index in [-0.39, 0.29) is 23.3 Å². The molecule has 23 heavy (non-hydrogen) atoms. The number of anilines is 1. The normalized spacial score (nSPS) is 21.5. The van der Waals surface area contributed by atoms with Crippen LogP contribution in [0.4, 0.5) is 10.1 Å². The Bertz CT molecular complexity index is 826. The van der Waals surface area contributed by atoms with Crippen molar-refractivity contribution in [3.05, 3.63) is 40.8 Å². The number of nitrogens with one attached hydrogen (secondary N) is 2. The minimum absolute atomic E-state index is 0.144. The number of rotatable bonds is 4. The van der Waals surface area contributed by atoms with Gasteiger partial charge in [-0.15, -0.1) is 10.2 Å². The molecule has 10 heteroatoms. The summed E-state index contributed by atoms with van der Waals surface area (Å²) in [5, 5.41) is 9.85. The first-order chi connectivity index (χ1) is 10.8. The minimum Gasteiger partial charge on any atom is -0.424 e. The van der Waals surface area contributed by atoms with Crippen LogP contribution in [0.1, 0.15) is 24.2 Å². The monoisotopic (exact) mass is 360 g/mol. The van der Waals surface area contributed by atoms with Crippen LogP contribution in [0.5, 0.6) is 0 Å². The SMILES string of the molecule is Cc1nnc(C2CC(S(=O)(=O)Nc3ccc(F)c(Cl)c3)CN2)o1. The van der Waals surface area contributed by atoms with Gasteiger partial charge in [0.25, 0.3) is 0 Å². The van der Waals surface area contributed by atoms with Gasteiger partial charge >= 0.3 is 0 Å². The Morgan fingerprint density at radius 2 is 2.22 bits per heavy atom. The number of hydrogen-bond donors (Lipinski definition) is 2. The summed E-state index contributed by atoms with van der Waals surface area (Å²) in [6, 6.07) is 3.35. The number of nitrogens with zero attached hydrogens (tertiary/aromatic N) is 2. The highest BCUT2D eigenvalue weighted by Gasteiger charge is 2.37. The maximum Gasteiger partial charge on any atom is 0.236 e. The van der Waals surface area contributed by atoms with Crippen LogP contribution in [0, 0.1) is 12.7 Å². The molecule has 1 aromatic heterocycles. The lowest BCUT2D eigenvalue weighted by atomic mass is 10.2. The summed E-state index contributed by atoms with van der Waals surface area (Å²) in [5.41, 5.74) is 0.216. The third kappa shape index (κ3) is 3.46. The summed E-state index contributed by atoms with van der Waals surface area (Å²) in [6.07, 6.45) is 0.298. The molecule has 1 aliphatic heterocycles. The fourth-order valence-electron chi connectivity index (χ4n) is 2.39. The lowest BCUT2D eigenvalue weighted by molar-refractivity contribution is 0.413. The Labute approximate surface area is 137 Å². The molecule has 2 heterocycles. The third-order valence-electron chi connectivity index (χ3n) is 3.55. The summed E-state index contributed by atoms with van der Waals surface area (Å²) in [7, 11) is -3.66. The van der Waals surface area contributed by atoms with Crippen LogP contribution in [-0.2, 0) is 10.0 Å². The summed E-state index contributed by atoms with van der Waals surface area (Å²) < 4.78 is 45.7. The second-order valence-corrected chi connectivity index (χ2v) is 7.62. The van der Waals surface area contributed by atoms with Crippen molar-refractivity contribution >= 4 is 27.3 Å². The van der Waals surface area contributed by atoms with E-state index >= 15 is 0 Å². The summed E-state index contributed by atoms with van der Waals surface area (Å²) >= 11 is 5.66. The maximum atomic E-state index is 13.1. The Balaban J connectivity index is 1.72. The fraction of sp³-hybridized carbons (Fsp3) is 0.385. The zero-order chi connectivity index (χ0) is 16.6. The van der Waals surface area contributed by atoms with Gasteiger partial charge in [0.15, 0.2) is 0 Å². The highest BCUT2D eigenvalue weighted by atomic mass is 35.5. The van der Waals surface area contributed by atoms with E-state index in [4.69, 9.17) is 16.0 Å². The number of benzene rings is 1. The van der Waals surface area contributed by atoms with Crippen LogP contribution in [0.25, 0.3) is 0 Å². The van der Waals surface area contributed by atoms with E-state index in [1.807, 2.05) is 0 Å². The third-order valence-corrected chi connectivity index (χ3v) is 5.60. The van der Waals surface area contributed by atoms with Gasteiger partial charge in [0.05, 0.1) is 22.0 Å². The van der Waals surface area contributed by atoms with Crippen molar-refractivity contribution < 1.29 is 17.2 Å². The van der Waals surface area contributed by atoms with Crippen LogP contribution in [0.2, 0.25) is 5.02 Å². The first kappa shape index (κ1) is 16.2. The molecule has 0 saturated carbocycles. The van der Waals surface area contributed by atoms with Crippen molar-refractivity contribution in [1.82, 2.24) is 15.5 Å². The maximum absolute atomic E-state index is 13.1. The molecular weight excluding hydrogens is 347 g/mol. The Morgan fingerprint density at radius 3 is 2.87 bits per heavy atom. The first-order valence-electron chi connectivity index (χ1n) is 6.85. The quantitative estimate of drug-likeness (QED) is 0.865. The lowest BCUT2D eigenvalue weighted by Crippen LogP contribution is -2.29. The van der Waals surface area contributed by atoms with Crippen molar-refractivity contribution in [2.45, 2.75) is 24.6 Å². The molecule has 1 fully saturated rings. The second-order valence-electron chi connectivity index (χ2n) is 5.25. The van der Waals surface area contributed by atoms with Gasteiger partial charge in [-0.25, -0.2) is 12.8 Å². The summed E-state index contributed by atoms with van der Waals surface area (Å²) in [5.74, 6) is 0.182. The van der Waals surface area contributed by atoms with Crippen LogP contribution < -0.4 is 10.0 Å². The second kappa shape index (κ2) is 6.06. The van der Waals surface area contributed by atoms with Gasteiger partial charge in [-0.3, -0.25) is 4.72 Å². The largest absolute Gasteiger partial charge is 0.424 e. The average Bonchev–Trinajstić information content (AvgIpc) is 3.11. The standard InChI is InChI=1S/C13H14ClFN4O3S/c1-7-17-18-13(22-7)12-5-9(6-16-12)23(20,21)19-8-2-3-11(15)10(14)4-8/h2-4,9,12,16,19H,5-6H2,1H3. The zero-order valence-corrected chi connectivity index (χ0v) is 13.7. The molecular formula is C13H14ClFN4O3S. The molecule has 2 unspecified atom stereocenters. The number of halogens is 2. The summed E-state index contributed by atoms with van der Waals surface area (Å²) in [4.78, 5) is 0. The van der Waals surface area contributed by atoms with Gasteiger partial charge < -0.3 is 9.73 Å². The van der Waals surface area contributed by atoms with Gasteiger partial charge in [0.2, 0.25) is 21.8 Å². The molecule has 7 nitrogen and oxygen atoms in total. The summed E-state index contributed by atoms with van der Waals surface area (Å²) in [6.45, 7) is 1.91. The van der Waals surface area contributed by atoms with E-state index in [2.05, 4.69) is 20.2 Å².